The number of aromatic nitrogens is 3. The predicted octanol–water partition coefficient (Wildman–Crippen LogP) is 5.38. The van der Waals surface area contributed by atoms with Gasteiger partial charge in [-0.1, -0.05) is 49.2 Å². The first-order valence-corrected chi connectivity index (χ1v) is 13.9. The Bertz CT molecular complexity index is 1840. The van der Waals surface area contributed by atoms with E-state index in [0.29, 0.717) is 40.1 Å². The van der Waals surface area contributed by atoms with Gasteiger partial charge in [0.1, 0.15) is 16.5 Å². The third-order valence-corrected chi connectivity index (χ3v) is 8.15. The van der Waals surface area contributed by atoms with Crippen molar-refractivity contribution in [3.63, 3.8) is 0 Å². The van der Waals surface area contributed by atoms with Crippen LogP contribution in [0.2, 0.25) is 10.0 Å². The summed E-state index contributed by atoms with van der Waals surface area (Å²) in [6, 6.07) is 12.2. The standard InChI is InChI=1S/C30H27Cl2N5O4/c1-14(2)26-24-25(34-37(26)21-10-16(13-33-15(3)38)6-9-23(21)41-5)30(40)36-22-12-20(32)29(39)35(4)27(22)19-11-17(31)7-8-18(19)28(24)36/h6-12,14,28H,13H2,1-5H3,(H,33,38). The predicted molar refractivity (Wildman–Crippen MR) is 158 cm³/mol. The third kappa shape index (κ3) is 4.06. The lowest BCUT2D eigenvalue weighted by Crippen LogP contribution is -2.36. The summed E-state index contributed by atoms with van der Waals surface area (Å²) in [5.74, 6) is 0.106. The maximum atomic E-state index is 14.2. The normalized spacial score (nSPS) is 15.0. The highest BCUT2D eigenvalue weighted by molar-refractivity contribution is 6.32. The number of rotatable bonds is 5. The molecule has 2 aromatic carbocycles. The Morgan fingerprint density at radius 2 is 1.85 bits per heavy atom. The van der Waals surface area contributed by atoms with E-state index in [2.05, 4.69) is 19.2 Å². The van der Waals surface area contributed by atoms with Crippen molar-refractivity contribution < 1.29 is 14.3 Å². The summed E-state index contributed by atoms with van der Waals surface area (Å²) in [5, 5.41) is 8.24. The fraction of sp³-hybridized carbons (Fsp3) is 0.267. The molecule has 9 nitrogen and oxygen atoms in total. The lowest BCUT2D eigenvalue weighted by molar-refractivity contribution is -0.119. The van der Waals surface area contributed by atoms with Crippen LogP contribution in [0.15, 0.2) is 47.3 Å². The number of pyridine rings is 1. The van der Waals surface area contributed by atoms with Crippen molar-refractivity contribution in [2.24, 2.45) is 7.05 Å². The highest BCUT2D eigenvalue weighted by Gasteiger charge is 2.49. The number of hydrogen-bond acceptors (Lipinski definition) is 5. The Hall–Kier alpha value is -4.08. The second kappa shape index (κ2) is 9.78. The van der Waals surface area contributed by atoms with E-state index in [9.17, 15) is 14.4 Å². The molecule has 0 radical (unpaired) electrons. The zero-order chi connectivity index (χ0) is 29.3. The zero-order valence-electron chi connectivity index (χ0n) is 23.1. The monoisotopic (exact) mass is 591 g/mol. The van der Waals surface area contributed by atoms with E-state index < -0.39 is 6.04 Å². The van der Waals surface area contributed by atoms with Gasteiger partial charge in [0.2, 0.25) is 5.91 Å². The van der Waals surface area contributed by atoms with Gasteiger partial charge >= 0.3 is 0 Å². The highest BCUT2D eigenvalue weighted by Crippen LogP contribution is 2.53. The molecule has 0 spiro atoms. The molecule has 0 saturated carbocycles. The molecule has 2 amide bonds. The third-order valence-electron chi connectivity index (χ3n) is 7.65. The number of carbonyl (C=O) groups is 2. The van der Waals surface area contributed by atoms with Crippen LogP contribution in [0.1, 0.15) is 65.6 Å². The van der Waals surface area contributed by atoms with Crippen molar-refractivity contribution in [3.05, 3.63) is 90.9 Å². The summed E-state index contributed by atoms with van der Waals surface area (Å²) in [5.41, 5.74) is 5.76. The van der Waals surface area contributed by atoms with E-state index in [1.165, 1.54) is 11.5 Å². The average molecular weight is 592 g/mol. The number of methoxy groups -OCH3 is 1. The van der Waals surface area contributed by atoms with Crippen LogP contribution in [0.5, 0.6) is 5.75 Å². The Labute approximate surface area is 246 Å². The quantitative estimate of drug-likeness (QED) is 0.336. The molecule has 0 saturated heterocycles. The number of benzene rings is 2. The van der Waals surface area contributed by atoms with E-state index >= 15 is 0 Å². The summed E-state index contributed by atoms with van der Waals surface area (Å²) < 4.78 is 8.93. The van der Waals surface area contributed by atoms with E-state index in [4.69, 9.17) is 33.0 Å². The number of nitrogens with zero attached hydrogens (tertiary/aromatic N) is 4. The van der Waals surface area contributed by atoms with Crippen molar-refractivity contribution in [2.75, 3.05) is 12.0 Å². The van der Waals surface area contributed by atoms with Crippen LogP contribution >= 0.6 is 23.2 Å². The SMILES string of the molecule is COc1ccc(CNC(C)=O)cc1-n1nc2c(c1C(C)C)C1c3ccc(Cl)cc3-c3c(cc(Cl)c(=O)n3C)N1C2=O. The molecule has 1 N–H and O–H groups in total. The van der Waals surface area contributed by atoms with Gasteiger partial charge < -0.3 is 14.6 Å². The molecule has 210 valence electrons. The summed E-state index contributed by atoms with van der Waals surface area (Å²) in [7, 11) is 3.22. The lowest BCUT2D eigenvalue weighted by Gasteiger charge is -2.36. The summed E-state index contributed by atoms with van der Waals surface area (Å²) in [4.78, 5) is 40.3. The molecule has 0 aliphatic carbocycles. The minimum absolute atomic E-state index is 0.0164. The van der Waals surface area contributed by atoms with Crippen molar-refractivity contribution in [1.29, 1.82) is 0 Å². The molecule has 4 aromatic rings. The summed E-state index contributed by atoms with van der Waals surface area (Å²) >= 11 is 12.8. The first-order chi connectivity index (χ1) is 19.5. The summed E-state index contributed by atoms with van der Waals surface area (Å²) in [6.07, 6.45) is 0. The molecule has 2 aliphatic heterocycles. The molecule has 11 heteroatoms. The van der Waals surface area contributed by atoms with Crippen LogP contribution in [-0.2, 0) is 18.4 Å². The first-order valence-electron chi connectivity index (χ1n) is 13.1. The maximum Gasteiger partial charge on any atom is 0.280 e. The number of ether oxygens (including phenoxy) is 1. The molecule has 1 atom stereocenters. The maximum absolute atomic E-state index is 14.2. The van der Waals surface area contributed by atoms with Gasteiger partial charge in [-0.2, -0.15) is 5.10 Å². The number of fused-ring (bicyclic) bond motifs is 8. The molecule has 2 aliphatic rings. The fourth-order valence-corrected chi connectivity index (χ4v) is 6.31. The van der Waals surface area contributed by atoms with Crippen LogP contribution in [-0.4, -0.2) is 33.3 Å². The number of carbonyl (C=O) groups excluding carboxylic acids is 2. The Morgan fingerprint density at radius 1 is 1.10 bits per heavy atom. The molecule has 6 rings (SSSR count). The van der Waals surface area contributed by atoms with Gasteiger partial charge in [-0.25, -0.2) is 4.68 Å². The van der Waals surface area contributed by atoms with Gasteiger partial charge in [0.15, 0.2) is 5.69 Å². The minimum Gasteiger partial charge on any atom is -0.494 e. The topological polar surface area (TPSA) is 98.5 Å². The fourth-order valence-electron chi connectivity index (χ4n) is 5.91. The Balaban J connectivity index is 1.62. The largest absolute Gasteiger partial charge is 0.494 e. The van der Waals surface area contributed by atoms with Crippen LogP contribution in [0.25, 0.3) is 16.9 Å². The van der Waals surface area contributed by atoms with Crippen LogP contribution in [0.3, 0.4) is 0 Å². The summed E-state index contributed by atoms with van der Waals surface area (Å²) in [6.45, 7) is 5.91. The number of nitrogens with one attached hydrogen (secondary N) is 1. The first kappa shape index (κ1) is 27.1. The highest BCUT2D eigenvalue weighted by atomic mass is 35.5. The van der Waals surface area contributed by atoms with Crippen molar-refractivity contribution >= 4 is 40.7 Å². The number of hydrogen-bond donors (Lipinski definition) is 1. The molecular weight excluding hydrogens is 565 g/mol. The van der Waals surface area contributed by atoms with Crippen molar-refractivity contribution in [2.45, 2.75) is 39.3 Å². The van der Waals surface area contributed by atoms with Crippen LogP contribution in [0.4, 0.5) is 5.69 Å². The van der Waals surface area contributed by atoms with E-state index in [-0.39, 0.29) is 28.3 Å². The molecule has 2 aromatic heterocycles. The van der Waals surface area contributed by atoms with Gasteiger partial charge in [-0.05, 0) is 47.4 Å². The van der Waals surface area contributed by atoms with Gasteiger partial charge in [0.05, 0.1) is 30.2 Å². The van der Waals surface area contributed by atoms with Crippen LogP contribution in [0, 0.1) is 0 Å². The number of anilines is 1. The molecule has 4 heterocycles. The minimum atomic E-state index is -0.509. The van der Waals surface area contributed by atoms with Gasteiger partial charge in [-0.3, -0.25) is 19.3 Å². The number of amides is 2. The van der Waals surface area contributed by atoms with E-state index in [0.717, 1.165) is 27.9 Å². The second-order valence-electron chi connectivity index (χ2n) is 10.5. The van der Waals surface area contributed by atoms with E-state index in [1.807, 2.05) is 30.3 Å². The Morgan fingerprint density at radius 3 is 2.54 bits per heavy atom. The van der Waals surface area contributed by atoms with Gasteiger partial charge in [-0.15, -0.1) is 0 Å². The molecule has 0 fully saturated rings. The smallest absolute Gasteiger partial charge is 0.280 e. The average Bonchev–Trinajstić information content (AvgIpc) is 3.46. The van der Waals surface area contributed by atoms with Gasteiger partial charge in [0, 0.05) is 36.7 Å². The zero-order valence-corrected chi connectivity index (χ0v) is 24.6. The molecule has 0 bridgehead atoms. The van der Waals surface area contributed by atoms with Crippen molar-refractivity contribution in [1.82, 2.24) is 19.7 Å². The number of halogens is 2. The Kier molecular flexibility index (Phi) is 6.47. The molecule has 1 unspecified atom stereocenters. The molecular formula is C30H27Cl2N5O4. The molecule has 41 heavy (non-hydrogen) atoms. The van der Waals surface area contributed by atoms with Crippen LogP contribution < -0.4 is 20.5 Å². The lowest BCUT2D eigenvalue weighted by atomic mass is 9.87. The second-order valence-corrected chi connectivity index (χ2v) is 11.4. The van der Waals surface area contributed by atoms with Crippen molar-refractivity contribution in [3.8, 4) is 22.7 Å². The van der Waals surface area contributed by atoms with E-state index in [1.54, 1.807) is 35.9 Å². The van der Waals surface area contributed by atoms with Gasteiger partial charge in [0.25, 0.3) is 11.5 Å².